The second-order valence-corrected chi connectivity index (χ2v) is 6.55. The molecule has 1 heterocycles. The van der Waals surface area contributed by atoms with E-state index >= 15 is 0 Å². The van der Waals surface area contributed by atoms with E-state index < -0.39 is 0 Å². The van der Waals surface area contributed by atoms with Crippen LogP contribution in [-0.2, 0) is 6.61 Å². The van der Waals surface area contributed by atoms with Gasteiger partial charge >= 0.3 is 0 Å². The zero-order valence-electron chi connectivity index (χ0n) is 13.5. The van der Waals surface area contributed by atoms with Gasteiger partial charge in [-0.2, -0.15) is 0 Å². The summed E-state index contributed by atoms with van der Waals surface area (Å²) in [6.07, 6.45) is 6.62. The Bertz CT molecular complexity index is 550. The molecule has 1 aliphatic heterocycles. The van der Waals surface area contributed by atoms with Crippen LogP contribution in [0.1, 0.15) is 37.7 Å². The van der Waals surface area contributed by atoms with Crippen molar-refractivity contribution >= 4 is 11.4 Å². The van der Waals surface area contributed by atoms with Gasteiger partial charge in [0.1, 0.15) is 5.69 Å². The number of rotatable bonds is 4. The molecule has 0 radical (unpaired) electrons. The molecule has 2 aliphatic rings. The molecule has 6 nitrogen and oxygen atoms in total. The second kappa shape index (κ2) is 7.27. The molecule has 1 saturated heterocycles. The molecular weight excluding hydrogens is 294 g/mol. The van der Waals surface area contributed by atoms with Gasteiger partial charge in [0.15, 0.2) is 0 Å². The quantitative estimate of drug-likeness (QED) is 0.682. The second-order valence-electron chi connectivity index (χ2n) is 6.55. The fraction of sp³-hybridized carbons (Fsp3) is 0.647. The highest BCUT2D eigenvalue weighted by molar-refractivity contribution is 5.64. The lowest BCUT2D eigenvalue weighted by atomic mass is 9.94. The fourth-order valence-corrected chi connectivity index (χ4v) is 3.86. The molecule has 0 atom stereocenters. The van der Waals surface area contributed by atoms with Gasteiger partial charge in [0.2, 0.25) is 0 Å². The van der Waals surface area contributed by atoms with Crippen molar-refractivity contribution in [3.8, 4) is 0 Å². The van der Waals surface area contributed by atoms with Crippen LogP contribution < -0.4 is 4.90 Å². The largest absolute Gasteiger partial charge is 0.392 e. The number of nitro benzene ring substituents is 1. The van der Waals surface area contributed by atoms with E-state index in [0.29, 0.717) is 17.3 Å². The number of hydrogen-bond donors (Lipinski definition) is 1. The van der Waals surface area contributed by atoms with Crippen LogP contribution in [0.5, 0.6) is 0 Å². The smallest absolute Gasteiger partial charge is 0.292 e. The SMILES string of the molecule is O=[N+]([O-])c1cc(CO)ccc1N1CCN(C2CCCCC2)CC1. The highest BCUT2D eigenvalue weighted by Gasteiger charge is 2.28. The van der Waals surface area contributed by atoms with Crippen molar-refractivity contribution in [1.82, 2.24) is 4.90 Å². The van der Waals surface area contributed by atoms with Gasteiger partial charge in [0, 0.05) is 38.3 Å². The van der Waals surface area contributed by atoms with Crippen LogP contribution in [0.15, 0.2) is 18.2 Å². The Hall–Kier alpha value is -1.66. The minimum absolute atomic E-state index is 0.0997. The molecule has 1 aromatic carbocycles. The molecule has 1 aromatic rings. The Kier molecular flexibility index (Phi) is 5.13. The summed E-state index contributed by atoms with van der Waals surface area (Å²) in [4.78, 5) is 15.7. The zero-order chi connectivity index (χ0) is 16.2. The van der Waals surface area contributed by atoms with E-state index in [1.165, 1.54) is 38.2 Å². The normalized spacial score (nSPS) is 20.7. The number of nitro groups is 1. The number of hydrogen-bond acceptors (Lipinski definition) is 5. The molecule has 0 unspecified atom stereocenters. The Morgan fingerprint density at radius 1 is 1.13 bits per heavy atom. The number of aliphatic hydroxyl groups excluding tert-OH is 1. The molecular formula is C17H25N3O3. The topological polar surface area (TPSA) is 69.8 Å². The van der Waals surface area contributed by atoms with Crippen LogP contribution in [0.25, 0.3) is 0 Å². The van der Waals surface area contributed by atoms with Crippen molar-refractivity contribution in [3.05, 3.63) is 33.9 Å². The summed E-state index contributed by atoms with van der Waals surface area (Å²) in [5.41, 5.74) is 1.36. The van der Waals surface area contributed by atoms with Crippen LogP contribution in [0.3, 0.4) is 0 Å². The van der Waals surface area contributed by atoms with Gasteiger partial charge in [-0.15, -0.1) is 0 Å². The van der Waals surface area contributed by atoms with Crippen LogP contribution in [0.2, 0.25) is 0 Å². The van der Waals surface area contributed by atoms with Crippen molar-refractivity contribution in [2.45, 2.75) is 44.8 Å². The van der Waals surface area contributed by atoms with Crippen LogP contribution in [-0.4, -0.2) is 47.2 Å². The predicted octanol–water partition coefficient (Wildman–Crippen LogP) is 2.54. The van der Waals surface area contributed by atoms with Gasteiger partial charge < -0.3 is 10.0 Å². The molecule has 23 heavy (non-hydrogen) atoms. The van der Waals surface area contributed by atoms with Gasteiger partial charge in [0.25, 0.3) is 5.69 Å². The van der Waals surface area contributed by atoms with Crippen molar-refractivity contribution in [3.63, 3.8) is 0 Å². The monoisotopic (exact) mass is 319 g/mol. The van der Waals surface area contributed by atoms with Crippen molar-refractivity contribution in [2.24, 2.45) is 0 Å². The molecule has 1 N–H and O–H groups in total. The summed E-state index contributed by atoms with van der Waals surface area (Å²) in [5.74, 6) is 0. The Labute approximate surface area is 136 Å². The maximum absolute atomic E-state index is 11.3. The lowest BCUT2D eigenvalue weighted by molar-refractivity contribution is -0.384. The average Bonchev–Trinajstić information content (AvgIpc) is 2.62. The highest BCUT2D eigenvalue weighted by Crippen LogP contribution is 2.31. The number of aliphatic hydroxyl groups is 1. The van der Waals surface area contributed by atoms with Gasteiger partial charge in [-0.3, -0.25) is 15.0 Å². The summed E-state index contributed by atoms with van der Waals surface area (Å²) < 4.78 is 0. The summed E-state index contributed by atoms with van der Waals surface area (Å²) in [6.45, 7) is 3.44. The molecule has 0 spiro atoms. The van der Waals surface area contributed by atoms with Crippen LogP contribution in [0, 0.1) is 10.1 Å². The van der Waals surface area contributed by atoms with Gasteiger partial charge in [0.05, 0.1) is 11.5 Å². The zero-order valence-corrected chi connectivity index (χ0v) is 13.5. The lowest BCUT2D eigenvalue weighted by Gasteiger charge is -2.41. The third-order valence-corrected chi connectivity index (χ3v) is 5.17. The minimum atomic E-state index is -0.345. The first-order valence-corrected chi connectivity index (χ1v) is 8.56. The van der Waals surface area contributed by atoms with E-state index in [0.717, 1.165) is 26.2 Å². The van der Waals surface area contributed by atoms with Gasteiger partial charge in [-0.05, 0) is 24.5 Å². The van der Waals surface area contributed by atoms with E-state index in [-0.39, 0.29) is 17.2 Å². The van der Waals surface area contributed by atoms with Crippen LogP contribution >= 0.6 is 0 Å². The number of anilines is 1. The lowest BCUT2D eigenvalue weighted by Crippen LogP contribution is -2.51. The molecule has 0 amide bonds. The predicted molar refractivity (Wildman–Crippen MR) is 89.7 cm³/mol. The van der Waals surface area contributed by atoms with Crippen molar-refractivity contribution < 1.29 is 10.0 Å². The first-order chi connectivity index (χ1) is 11.2. The molecule has 1 aliphatic carbocycles. The standard InChI is InChI=1S/C17H25N3O3/c21-13-14-6-7-16(17(12-14)20(22)23)19-10-8-18(9-11-19)15-4-2-1-3-5-15/h6-7,12,15,21H,1-5,8-11,13H2. The van der Waals surface area contributed by atoms with Crippen molar-refractivity contribution in [1.29, 1.82) is 0 Å². The maximum Gasteiger partial charge on any atom is 0.292 e. The fourth-order valence-electron chi connectivity index (χ4n) is 3.86. The number of nitrogens with zero attached hydrogens (tertiary/aromatic N) is 3. The maximum atomic E-state index is 11.3. The Morgan fingerprint density at radius 2 is 1.83 bits per heavy atom. The molecule has 1 saturated carbocycles. The summed E-state index contributed by atoms with van der Waals surface area (Å²) in [5, 5.41) is 20.5. The van der Waals surface area contributed by atoms with E-state index in [1.807, 2.05) is 0 Å². The summed E-state index contributed by atoms with van der Waals surface area (Å²) >= 11 is 0. The van der Waals surface area contributed by atoms with E-state index in [4.69, 9.17) is 0 Å². The van der Waals surface area contributed by atoms with Gasteiger partial charge in [-0.1, -0.05) is 25.3 Å². The summed E-state index contributed by atoms with van der Waals surface area (Å²) in [7, 11) is 0. The van der Waals surface area contributed by atoms with Crippen LogP contribution in [0.4, 0.5) is 11.4 Å². The van der Waals surface area contributed by atoms with Crippen molar-refractivity contribution in [2.75, 3.05) is 31.1 Å². The number of benzene rings is 1. The molecule has 0 bridgehead atoms. The van der Waals surface area contributed by atoms with E-state index in [9.17, 15) is 15.2 Å². The Morgan fingerprint density at radius 3 is 2.43 bits per heavy atom. The third-order valence-electron chi connectivity index (χ3n) is 5.17. The molecule has 126 valence electrons. The highest BCUT2D eigenvalue weighted by atomic mass is 16.6. The molecule has 2 fully saturated rings. The van der Waals surface area contributed by atoms with E-state index in [2.05, 4.69) is 9.80 Å². The molecule has 6 heteroatoms. The first kappa shape index (κ1) is 16.2. The molecule has 3 rings (SSSR count). The third kappa shape index (κ3) is 3.64. The summed E-state index contributed by atoms with van der Waals surface area (Å²) in [6, 6.07) is 5.75. The Balaban J connectivity index is 1.68. The minimum Gasteiger partial charge on any atom is -0.392 e. The average molecular weight is 319 g/mol. The molecule has 0 aromatic heterocycles. The van der Waals surface area contributed by atoms with E-state index in [1.54, 1.807) is 12.1 Å². The van der Waals surface area contributed by atoms with Gasteiger partial charge in [-0.25, -0.2) is 0 Å². The number of piperazine rings is 1. The first-order valence-electron chi connectivity index (χ1n) is 8.56.